The zero-order valence-corrected chi connectivity index (χ0v) is 14.7. The van der Waals surface area contributed by atoms with Crippen molar-refractivity contribution in [1.29, 1.82) is 0 Å². The van der Waals surface area contributed by atoms with Crippen LogP contribution in [0.15, 0.2) is 54.6 Å². The fourth-order valence-electron chi connectivity index (χ4n) is 2.18. The monoisotopic (exact) mass is 370 g/mol. The van der Waals surface area contributed by atoms with Crippen LogP contribution in [0.4, 0.5) is 13.2 Å². The van der Waals surface area contributed by atoms with Crippen molar-refractivity contribution in [2.24, 2.45) is 0 Å². The van der Waals surface area contributed by atoms with Crippen LogP contribution in [0.25, 0.3) is 0 Å². The second-order valence-electron chi connectivity index (χ2n) is 5.16. The molecule has 0 saturated heterocycles. The van der Waals surface area contributed by atoms with Crippen molar-refractivity contribution in [2.75, 3.05) is 6.61 Å². The van der Waals surface area contributed by atoms with Gasteiger partial charge in [-0.05, 0) is 38.1 Å². The predicted molar refractivity (Wildman–Crippen MR) is 91.5 cm³/mol. The lowest BCUT2D eigenvalue weighted by Crippen LogP contribution is -2.24. The maximum atomic E-state index is 13.0. The molecule has 0 bridgehead atoms. The van der Waals surface area contributed by atoms with Crippen molar-refractivity contribution in [3.63, 3.8) is 0 Å². The number of rotatable bonds is 7. The van der Waals surface area contributed by atoms with E-state index in [2.05, 4.69) is 0 Å². The van der Waals surface area contributed by atoms with Crippen LogP contribution < -0.4 is 10.0 Å². The number of hydrogen-bond acceptors (Lipinski definition) is 3. The van der Waals surface area contributed by atoms with Crippen LogP contribution in [0.5, 0.6) is 5.75 Å². The molecule has 0 saturated carbocycles. The molecule has 3 nitrogen and oxygen atoms in total. The lowest BCUT2D eigenvalue weighted by molar-refractivity contribution is -0.0480. The highest BCUT2D eigenvalue weighted by molar-refractivity contribution is 7.61. The van der Waals surface area contributed by atoms with E-state index in [1.807, 2.05) is 0 Å². The number of Topliss-reactive ketones (excluding diaryl/α,β-unsaturated/α-hetero) is 1. The Bertz CT molecular complexity index is 687. The van der Waals surface area contributed by atoms with Crippen molar-refractivity contribution in [3.8, 4) is 5.75 Å². The van der Waals surface area contributed by atoms with Crippen molar-refractivity contribution in [1.82, 2.24) is 0 Å². The van der Waals surface area contributed by atoms with Crippen molar-refractivity contribution >= 4 is 19.2 Å². The van der Waals surface area contributed by atoms with Gasteiger partial charge in [0.15, 0.2) is 14.3 Å². The van der Waals surface area contributed by atoms with Crippen molar-refractivity contribution in [2.45, 2.75) is 25.9 Å². The van der Waals surface area contributed by atoms with Crippen molar-refractivity contribution in [3.05, 3.63) is 60.2 Å². The molecule has 2 rings (SSSR count). The number of ether oxygens (including phenoxy) is 1. The molecule has 2 aromatic rings. The van der Waals surface area contributed by atoms with Crippen LogP contribution in [0, 0.1) is 0 Å². The summed E-state index contributed by atoms with van der Waals surface area (Å²) in [5.41, 5.74) is 0.517. The summed E-state index contributed by atoms with van der Waals surface area (Å²) in [6.07, 6.45) is -0.746. The van der Waals surface area contributed by atoms with Gasteiger partial charge in [0.2, 0.25) is 5.78 Å². The highest BCUT2D eigenvalue weighted by Gasteiger charge is 2.42. The second-order valence-corrected chi connectivity index (χ2v) is 7.03. The first kappa shape index (κ1) is 19.4. The van der Waals surface area contributed by atoms with E-state index in [0.717, 1.165) is 0 Å². The van der Waals surface area contributed by atoms with Gasteiger partial charge in [-0.2, -0.15) is 13.2 Å². The molecule has 0 aliphatic rings. The fourth-order valence-corrected chi connectivity index (χ4v) is 3.44. The molecule has 2 aromatic carbocycles. The Balaban J connectivity index is 2.08. The van der Waals surface area contributed by atoms with Gasteiger partial charge in [0.1, 0.15) is 5.75 Å². The minimum Gasteiger partial charge on any atom is -0.483 e. The van der Waals surface area contributed by atoms with E-state index >= 15 is 0 Å². The van der Waals surface area contributed by atoms with Crippen LogP contribution in [0.3, 0.4) is 0 Å². The Hall–Kier alpha value is -1.91. The van der Waals surface area contributed by atoms with Gasteiger partial charge in [-0.15, -0.1) is 0 Å². The van der Waals surface area contributed by atoms with E-state index in [9.17, 15) is 18.0 Å². The standard InChI is InChI=1S/C18H18F3O3P/c1-3-23-25(18(19,20)21)16-11-9-15(10-12-16)24-13(2)17(22)14-7-5-4-6-8-14/h4-13H,3H2,1-2H3. The van der Waals surface area contributed by atoms with E-state index in [1.54, 1.807) is 37.3 Å². The SMILES string of the molecule is CCOP(c1ccc(OC(C)C(=O)c2ccccc2)cc1)C(F)(F)F. The summed E-state index contributed by atoms with van der Waals surface area (Å²) in [4.78, 5) is 12.3. The molecule has 0 amide bonds. The average molecular weight is 370 g/mol. The third-order valence-corrected chi connectivity index (χ3v) is 5.04. The van der Waals surface area contributed by atoms with E-state index in [1.165, 1.54) is 31.2 Å². The number of carbonyl (C=O) groups excluding carboxylic acids is 1. The summed E-state index contributed by atoms with van der Waals surface area (Å²) < 4.78 is 49.5. The Morgan fingerprint density at radius 3 is 2.20 bits per heavy atom. The van der Waals surface area contributed by atoms with Gasteiger partial charge in [-0.3, -0.25) is 4.79 Å². The van der Waals surface area contributed by atoms with Gasteiger partial charge in [-0.1, -0.05) is 30.3 Å². The molecule has 134 valence electrons. The summed E-state index contributed by atoms with van der Waals surface area (Å²) in [6, 6.07) is 14.2. The van der Waals surface area contributed by atoms with Crippen LogP contribution in [-0.2, 0) is 4.52 Å². The van der Waals surface area contributed by atoms with E-state index < -0.39 is 20.2 Å². The molecule has 0 radical (unpaired) electrons. The normalized spacial score (nSPS) is 14.0. The van der Waals surface area contributed by atoms with Crippen LogP contribution in [0.2, 0.25) is 0 Å². The molecule has 2 atom stereocenters. The number of carbonyl (C=O) groups is 1. The first-order valence-corrected chi connectivity index (χ1v) is 8.94. The first-order valence-electron chi connectivity index (χ1n) is 7.68. The summed E-state index contributed by atoms with van der Waals surface area (Å²) in [5, 5.41) is 0.0544. The Labute approximate surface area is 145 Å². The molecule has 25 heavy (non-hydrogen) atoms. The Kier molecular flexibility index (Phi) is 6.57. The number of halogens is 3. The summed E-state index contributed by atoms with van der Waals surface area (Å²) in [7, 11) is -2.70. The highest BCUT2D eigenvalue weighted by Crippen LogP contribution is 2.53. The molecule has 2 unspecified atom stereocenters. The fraction of sp³-hybridized carbons (Fsp3) is 0.278. The van der Waals surface area contributed by atoms with Crippen LogP contribution in [-0.4, -0.2) is 24.4 Å². The average Bonchev–Trinajstić information content (AvgIpc) is 2.59. The Morgan fingerprint density at radius 1 is 1.08 bits per heavy atom. The molecule has 0 aliphatic heterocycles. The number of hydrogen-bond donors (Lipinski definition) is 0. The first-order chi connectivity index (χ1) is 11.8. The molecular weight excluding hydrogens is 352 g/mol. The number of benzene rings is 2. The van der Waals surface area contributed by atoms with Gasteiger partial charge in [0.05, 0.1) is 0 Å². The van der Waals surface area contributed by atoms with Crippen LogP contribution >= 0.6 is 8.15 Å². The van der Waals surface area contributed by atoms with E-state index in [4.69, 9.17) is 9.26 Å². The maximum absolute atomic E-state index is 13.0. The quantitative estimate of drug-likeness (QED) is 0.513. The zero-order valence-electron chi connectivity index (χ0n) is 13.8. The molecule has 0 aromatic heterocycles. The van der Waals surface area contributed by atoms with Gasteiger partial charge in [0, 0.05) is 17.5 Å². The highest BCUT2D eigenvalue weighted by atomic mass is 31.1. The summed E-state index contributed by atoms with van der Waals surface area (Å²) >= 11 is 0. The third-order valence-electron chi connectivity index (χ3n) is 3.30. The lowest BCUT2D eigenvalue weighted by Gasteiger charge is -2.20. The Morgan fingerprint density at radius 2 is 1.68 bits per heavy atom. The molecule has 0 fully saturated rings. The second kappa shape index (κ2) is 8.45. The smallest absolute Gasteiger partial charge is 0.434 e. The van der Waals surface area contributed by atoms with E-state index in [-0.39, 0.29) is 17.7 Å². The van der Waals surface area contributed by atoms with Gasteiger partial charge >= 0.3 is 5.92 Å². The van der Waals surface area contributed by atoms with Gasteiger partial charge in [-0.25, -0.2) is 0 Å². The maximum Gasteiger partial charge on any atom is 0.434 e. The predicted octanol–water partition coefficient (Wildman–Crippen LogP) is 4.92. The third kappa shape index (κ3) is 5.28. The zero-order chi connectivity index (χ0) is 18.4. The lowest BCUT2D eigenvalue weighted by atomic mass is 10.1. The van der Waals surface area contributed by atoms with Gasteiger partial charge < -0.3 is 9.26 Å². The number of alkyl halides is 3. The summed E-state index contributed by atoms with van der Waals surface area (Å²) in [5.74, 6) is -4.30. The molecule has 0 heterocycles. The topological polar surface area (TPSA) is 35.5 Å². The van der Waals surface area contributed by atoms with E-state index in [0.29, 0.717) is 11.3 Å². The number of ketones is 1. The van der Waals surface area contributed by atoms with Crippen molar-refractivity contribution < 1.29 is 27.2 Å². The molecule has 0 spiro atoms. The minimum atomic E-state index is -4.43. The molecular formula is C18H18F3O3P. The molecule has 7 heteroatoms. The molecule has 0 aliphatic carbocycles. The molecule has 0 N–H and O–H groups in total. The van der Waals surface area contributed by atoms with Gasteiger partial charge in [0.25, 0.3) is 0 Å². The largest absolute Gasteiger partial charge is 0.483 e. The summed E-state index contributed by atoms with van der Waals surface area (Å²) in [6.45, 7) is 3.10. The van der Waals surface area contributed by atoms with Crippen LogP contribution in [0.1, 0.15) is 24.2 Å². The minimum absolute atomic E-state index is 0.0217.